The molecule has 0 aliphatic rings. The first kappa shape index (κ1) is 46.2. The zero-order valence-corrected chi connectivity index (χ0v) is 43.8. The van der Waals surface area contributed by atoms with E-state index in [1.165, 1.54) is 38.5 Å². The molecule has 6 heteroatoms. The van der Waals surface area contributed by atoms with Gasteiger partial charge in [0.25, 0.3) is 0 Å². The van der Waals surface area contributed by atoms with Gasteiger partial charge in [-0.25, -0.2) is 15.0 Å². The summed E-state index contributed by atoms with van der Waals surface area (Å²) in [5.41, 5.74) is 18.9. The van der Waals surface area contributed by atoms with Crippen LogP contribution in [0.2, 0.25) is 0 Å². The molecule has 0 bridgehead atoms. The van der Waals surface area contributed by atoms with Crippen LogP contribution in [0.15, 0.2) is 258 Å². The van der Waals surface area contributed by atoms with Crippen LogP contribution in [-0.2, 0) is 5.41 Å². The molecular formula is C73H50N4O2. The van der Waals surface area contributed by atoms with Crippen LogP contribution in [0.25, 0.3) is 150 Å². The number of hydrogen-bond acceptors (Lipinski definition) is 5. The third-order valence-corrected chi connectivity index (χ3v) is 15.6. The zero-order chi connectivity index (χ0) is 52.8. The molecule has 0 aliphatic carbocycles. The van der Waals surface area contributed by atoms with Gasteiger partial charge >= 0.3 is 0 Å². The van der Waals surface area contributed by atoms with Crippen LogP contribution in [-0.4, -0.2) is 19.5 Å². The second-order valence-corrected chi connectivity index (χ2v) is 21.5. The maximum Gasteiger partial charge on any atom is 0.164 e. The highest BCUT2D eigenvalue weighted by Crippen LogP contribution is 2.48. The van der Waals surface area contributed by atoms with Crippen LogP contribution >= 0.6 is 0 Å². The van der Waals surface area contributed by atoms with E-state index in [9.17, 15) is 0 Å². The summed E-state index contributed by atoms with van der Waals surface area (Å²) in [5.74, 6) is 1.59. The van der Waals surface area contributed by atoms with E-state index in [1.807, 2.05) is 36.4 Å². The van der Waals surface area contributed by atoms with Crippen LogP contribution in [0.1, 0.15) is 26.3 Å². The van der Waals surface area contributed by atoms with Crippen LogP contribution in [0.4, 0.5) is 0 Å². The van der Waals surface area contributed by atoms with E-state index in [4.69, 9.17) is 23.8 Å². The third-order valence-electron chi connectivity index (χ3n) is 15.6. The Balaban J connectivity index is 1.04. The maximum absolute atomic E-state index is 6.46. The quantitative estimate of drug-likeness (QED) is 0.152. The molecule has 0 aliphatic heterocycles. The lowest BCUT2D eigenvalue weighted by molar-refractivity contribution is 0.594. The molecular weight excluding hydrogens is 965 g/mol. The number of nitrogens with zero attached hydrogens (tertiary/aromatic N) is 4. The molecule has 0 spiro atoms. The van der Waals surface area contributed by atoms with Crippen LogP contribution in [0.5, 0.6) is 0 Å². The summed E-state index contributed by atoms with van der Waals surface area (Å²) in [4.78, 5) is 16.2. The fourth-order valence-electron chi connectivity index (χ4n) is 11.7. The second-order valence-electron chi connectivity index (χ2n) is 21.5. The zero-order valence-electron chi connectivity index (χ0n) is 43.8. The highest BCUT2D eigenvalue weighted by Gasteiger charge is 2.29. The largest absolute Gasteiger partial charge is 0.456 e. The van der Waals surface area contributed by atoms with Gasteiger partial charge in [0, 0.05) is 60.1 Å². The molecule has 0 N–H and O–H groups in total. The number of benzene rings is 11. The lowest BCUT2D eigenvalue weighted by atomic mass is 9.83. The normalized spacial score (nSPS) is 12.0. The number of para-hydroxylation sites is 2. The number of furan rings is 2. The Labute approximate surface area is 456 Å². The molecule has 15 aromatic rings. The van der Waals surface area contributed by atoms with Crippen molar-refractivity contribution in [1.82, 2.24) is 19.5 Å². The molecule has 4 aromatic heterocycles. The Morgan fingerprint density at radius 2 is 0.722 bits per heavy atom. The molecule has 0 saturated heterocycles. The Morgan fingerprint density at radius 1 is 0.304 bits per heavy atom. The topological polar surface area (TPSA) is 69.9 Å². The summed E-state index contributed by atoms with van der Waals surface area (Å²) in [6.45, 7) is 7.00. The van der Waals surface area contributed by atoms with Crippen LogP contribution in [0.3, 0.4) is 0 Å². The van der Waals surface area contributed by atoms with Crippen molar-refractivity contribution < 1.29 is 8.83 Å². The fraction of sp³-hybridized carbons (Fsp3) is 0.0548. The van der Waals surface area contributed by atoms with Gasteiger partial charge in [-0.1, -0.05) is 197 Å². The highest BCUT2D eigenvalue weighted by molar-refractivity contribution is 6.14. The van der Waals surface area contributed by atoms with Gasteiger partial charge in [0.2, 0.25) is 0 Å². The fourth-order valence-corrected chi connectivity index (χ4v) is 11.7. The standard InChI is InChI=1S/C73H50N4O2/c1-73(2,3)62-42-52(46-22-10-5-11-23-46)39-61-60-38-49(45-20-8-4-9-21-45)34-37-63(60)77(69(61)62)68-58(47-24-12-6-13-25-47)40-53(41-59(68)48-26-14-7-15-27-48)72-75-70(50-32-35-56-54-28-16-18-30-64(54)78-66(56)43-50)74-71(76-72)51-33-36-57-55-29-17-19-31-65(55)79-67(57)44-51/h4-44H,1-3H3. The Morgan fingerprint density at radius 3 is 1.23 bits per heavy atom. The molecule has 0 fully saturated rings. The average Bonchev–Trinajstić information content (AvgIpc) is 4.40. The molecule has 79 heavy (non-hydrogen) atoms. The molecule has 0 amide bonds. The van der Waals surface area contributed by atoms with E-state index in [0.717, 1.165) is 99.6 Å². The van der Waals surface area contributed by atoms with E-state index in [1.54, 1.807) is 0 Å². The predicted molar refractivity (Wildman–Crippen MR) is 325 cm³/mol. The summed E-state index contributed by atoms with van der Waals surface area (Å²) in [7, 11) is 0. The van der Waals surface area contributed by atoms with Crippen molar-refractivity contribution in [1.29, 1.82) is 0 Å². The lowest BCUT2D eigenvalue weighted by Crippen LogP contribution is -2.14. The number of aromatic nitrogens is 4. The summed E-state index contributed by atoms with van der Waals surface area (Å²) >= 11 is 0. The van der Waals surface area contributed by atoms with E-state index >= 15 is 0 Å². The molecule has 0 unspecified atom stereocenters. The van der Waals surface area contributed by atoms with Crippen molar-refractivity contribution in [3.05, 3.63) is 254 Å². The van der Waals surface area contributed by atoms with Gasteiger partial charge in [0.15, 0.2) is 17.5 Å². The Hall–Kier alpha value is -10.2. The molecule has 374 valence electrons. The lowest BCUT2D eigenvalue weighted by Gasteiger charge is -2.26. The summed E-state index contributed by atoms with van der Waals surface area (Å²) < 4.78 is 15.5. The van der Waals surface area contributed by atoms with Gasteiger partial charge in [0.05, 0.1) is 16.7 Å². The van der Waals surface area contributed by atoms with Gasteiger partial charge in [-0.05, 0) is 117 Å². The molecule has 0 radical (unpaired) electrons. The molecule has 0 atom stereocenters. The minimum Gasteiger partial charge on any atom is -0.456 e. The number of fused-ring (bicyclic) bond motifs is 9. The SMILES string of the molecule is CC(C)(C)c1cc(-c2ccccc2)cc2c3cc(-c4ccccc4)ccc3n(-c3c(-c4ccccc4)cc(-c4nc(-c5ccc6c(c5)oc5ccccc56)nc(-c5ccc6c(c5)oc5ccccc56)n4)cc3-c3ccccc3)c12. The van der Waals surface area contributed by atoms with E-state index in [2.05, 4.69) is 238 Å². The molecule has 6 nitrogen and oxygen atoms in total. The summed E-state index contributed by atoms with van der Waals surface area (Å²) in [5, 5.41) is 6.56. The first-order chi connectivity index (χ1) is 38.8. The molecule has 15 rings (SSSR count). The minimum absolute atomic E-state index is 0.258. The Kier molecular flexibility index (Phi) is 10.7. The van der Waals surface area contributed by atoms with Crippen LogP contribution in [0, 0.1) is 0 Å². The van der Waals surface area contributed by atoms with E-state index < -0.39 is 0 Å². The smallest absolute Gasteiger partial charge is 0.164 e. The predicted octanol–water partition coefficient (Wildman–Crippen LogP) is 19.7. The van der Waals surface area contributed by atoms with Crippen LogP contribution < -0.4 is 0 Å². The minimum atomic E-state index is -0.258. The van der Waals surface area contributed by atoms with Crippen molar-refractivity contribution in [2.45, 2.75) is 26.2 Å². The molecule has 0 saturated carbocycles. The van der Waals surface area contributed by atoms with E-state index in [0.29, 0.717) is 17.5 Å². The van der Waals surface area contributed by atoms with Crippen molar-refractivity contribution in [2.75, 3.05) is 0 Å². The number of hydrogen-bond donors (Lipinski definition) is 0. The van der Waals surface area contributed by atoms with Gasteiger partial charge in [0.1, 0.15) is 22.3 Å². The molecule has 4 heterocycles. The highest BCUT2D eigenvalue weighted by atomic mass is 16.3. The van der Waals surface area contributed by atoms with Gasteiger partial charge in [-0.2, -0.15) is 0 Å². The van der Waals surface area contributed by atoms with Gasteiger partial charge in [-0.15, -0.1) is 0 Å². The van der Waals surface area contributed by atoms with Crippen molar-refractivity contribution in [2.24, 2.45) is 0 Å². The maximum atomic E-state index is 6.46. The summed E-state index contributed by atoms with van der Waals surface area (Å²) in [6.07, 6.45) is 0. The van der Waals surface area contributed by atoms with Gasteiger partial charge in [-0.3, -0.25) is 0 Å². The Bertz CT molecular complexity index is 4660. The second kappa shape index (κ2) is 18.3. The molecule has 11 aromatic carbocycles. The number of rotatable bonds is 8. The first-order valence-corrected chi connectivity index (χ1v) is 26.9. The summed E-state index contributed by atoms with van der Waals surface area (Å²) in [6, 6.07) is 88.2. The van der Waals surface area contributed by atoms with Crippen molar-refractivity contribution in [3.63, 3.8) is 0 Å². The monoisotopic (exact) mass is 1010 g/mol. The average molecular weight is 1020 g/mol. The van der Waals surface area contributed by atoms with Crippen molar-refractivity contribution in [3.8, 4) is 84.4 Å². The first-order valence-electron chi connectivity index (χ1n) is 26.9. The third kappa shape index (κ3) is 7.91. The van der Waals surface area contributed by atoms with E-state index in [-0.39, 0.29) is 5.41 Å². The van der Waals surface area contributed by atoms with Gasteiger partial charge < -0.3 is 13.4 Å². The van der Waals surface area contributed by atoms with Crippen molar-refractivity contribution >= 4 is 65.7 Å².